The molecule has 0 radical (unpaired) electrons. The van der Waals surface area contributed by atoms with E-state index >= 15 is 0 Å². The van der Waals surface area contributed by atoms with Crippen LogP contribution in [0.1, 0.15) is 24.2 Å². The maximum absolute atomic E-state index is 13.8. The Morgan fingerprint density at radius 2 is 1.79 bits per heavy atom. The fourth-order valence-corrected chi connectivity index (χ4v) is 2.81. The summed E-state index contributed by atoms with van der Waals surface area (Å²) in [6.07, 6.45) is -5.77. The van der Waals surface area contributed by atoms with Crippen LogP contribution in [0.5, 0.6) is 5.75 Å². The third-order valence-corrected chi connectivity index (χ3v) is 4.67. The number of benzene rings is 2. The van der Waals surface area contributed by atoms with Crippen molar-refractivity contribution >= 4 is 5.91 Å². The first-order valence-corrected chi connectivity index (χ1v) is 9.70. The molecule has 0 spiro atoms. The third-order valence-electron chi connectivity index (χ3n) is 4.67. The van der Waals surface area contributed by atoms with Crippen LogP contribution in [0, 0.1) is 5.82 Å². The molecule has 0 aliphatic heterocycles. The van der Waals surface area contributed by atoms with Gasteiger partial charge < -0.3 is 15.2 Å². The number of rotatable bonds is 6. The number of nitrogens with zero attached hydrogens (tertiary/aromatic N) is 2. The summed E-state index contributed by atoms with van der Waals surface area (Å²) in [5, 5.41) is 16.3. The van der Waals surface area contributed by atoms with E-state index in [1.54, 1.807) is 0 Å². The van der Waals surface area contributed by atoms with Gasteiger partial charge in [-0.15, -0.1) is 13.2 Å². The van der Waals surface area contributed by atoms with Gasteiger partial charge in [0.2, 0.25) is 0 Å². The second-order valence-electron chi connectivity index (χ2n) is 7.22. The number of halogens is 4. The van der Waals surface area contributed by atoms with Gasteiger partial charge in [0.1, 0.15) is 17.1 Å². The zero-order valence-corrected chi connectivity index (χ0v) is 17.4. The van der Waals surface area contributed by atoms with Crippen LogP contribution in [0.15, 0.2) is 59.4 Å². The lowest BCUT2D eigenvalue weighted by atomic mass is 10.1. The number of hydrogen-bond acceptors (Lipinski definition) is 5. The summed E-state index contributed by atoms with van der Waals surface area (Å²) < 4.78 is 55.7. The third kappa shape index (κ3) is 5.95. The minimum Gasteiger partial charge on any atom is -0.406 e. The van der Waals surface area contributed by atoms with E-state index in [1.807, 2.05) is 0 Å². The zero-order chi connectivity index (χ0) is 24.3. The SMILES string of the molecule is C[C@H](NC(=O)c1cc(-c2ccc(OC(F)(F)F)cc2)nn(-c2cccc(F)c2)c1=O)[C@@H](C)O. The number of aromatic nitrogens is 2. The summed E-state index contributed by atoms with van der Waals surface area (Å²) in [5.74, 6) is -1.92. The van der Waals surface area contributed by atoms with E-state index in [4.69, 9.17) is 0 Å². The maximum atomic E-state index is 13.8. The first-order chi connectivity index (χ1) is 15.4. The van der Waals surface area contributed by atoms with E-state index in [9.17, 15) is 32.3 Å². The van der Waals surface area contributed by atoms with Crippen molar-refractivity contribution in [1.82, 2.24) is 15.1 Å². The Morgan fingerprint density at radius 1 is 1.12 bits per heavy atom. The Balaban J connectivity index is 2.11. The van der Waals surface area contributed by atoms with Crippen LogP contribution in [0.2, 0.25) is 0 Å². The Hall–Kier alpha value is -3.73. The van der Waals surface area contributed by atoms with Gasteiger partial charge in [0.25, 0.3) is 11.5 Å². The van der Waals surface area contributed by atoms with Gasteiger partial charge in [0, 0.05) is 5.56 Å². The minimum atomic E-state index is -4.86. The van der Waals surface area contributed by atoms with Gasteiger partial charge in [-0.05, 0) is 62.4 Å². The molecule has 11 heteroatoms. The average Bonchev–Trinajstić information content (AvgIpc) is 2.73. The van der Waals surface area contributed by atoms with Crippen molar-refractivity contribution in [2.45, 2.75) is 32.4 Å². The Morgan fingerprint density at radius 3 is 2.36 bits per heavy atom. The molecule has 0 saturated carbocycles. The van der Waals surface area contributed by atoms with Crippen molar-refractivity contribution in [3.8, 4) is 22.7 Å². The molecule has 0 unspecified atom stereocenters. The highest BCUT2D eigenvalue weighted by atomic mass is 19.4. The molecular weight excluding hydrogens is 446 g/mol. The number of hydrogen-bond donors (Lipinski definition) is 2. The van der Waals surface area contributed by atoms with Gasteiger partial charge in [-0.3, -0.25) is 9.59 Å². The van der Waals surface area contributed by atoms with Crippen molar-refractivity contribution in [2.75, 3.05) is 0 Å². The predicted octanol–water partition coefficient (Wildman–Crippen LogP) is 3.44. The zero-order valence-electron chi connectivity index (χ0n) is 17.4. The molecule has 3 rings (SSSR count). The molecule has 0 saturated heterocycles. The van der Waals surface area contributed by atoms with Crippen molar-refractivity contribution in [3.63, 3.8) is 0 Å². The number of carbonyl (C=O) groups excluding carboxylic acids is 1. The molecule has 0 bridgehead atoms. The highest BCUT2D eigenvalue weighted by Crippen LogP contribution is 2.26. The van der Waals surface area contributed by atoms with E-state index in [0.717, 1.165) is 28.9 Å². The van der Waals surface area contributed by atoms with Crippen LogP contribution in [-0.2, 0) is 0 Å². The molecule has 33 heavy (non-hydrogen) atoms. The molecule has 2 atom stereocenters. The highest BCUT2D eigenvalue weighted by molar-refractivity contribution is 5.95. The predicted molar refractivity (Wildman–Crippen MR) is 111 cm³/mol. The summed E-state index contributed by atoms with van der Waals surface area (Å²) >= 11 is 0. The Labute approximate surface area is 185 Å². The van der Waals surface area contributed by atoms with E-state index in [2.05, 4.69) is 15.2 Å². The molecule has 0 aliphatic carbocycles. The lowest BCUT2D eigenvalue weighted by Gasteiger charge is -2.17. The standard InChI is InChI=1S/C22H19F4N3O4/c1-12(13(2)30)27-20(31)18-11-19(14-6-8-17(9-7-14)33-22(24,25)26)28-29(21(18)32)16-5-3-4-15(23)10-16/h3-13,30H,1-2H3,(H,27,31)/t12-,13+/m0/s1. The Bertz CT molecular complexity index is 1210. The first-order valence-electron chi connectivity index (χ1n) is 9.70. The van der Waals surface area contributed by atoms with Crippen molar-refractivity contribution < 1.29 is 32.2 Å². The van der Waals surface area contributed by atoms with E-state index in [0.29, 0.717) is 0 Å². The van der Waals surface area contributed by atoms with Crippen LogP contribution in [0.4, 0.5) is 17.6 Å². The summed E-state index contributed by atoms with van der Waals surface area (Å²) in [6, 6.07) is 10.1. The normalized spacial score (nSPS) is 13.3. The van der Waals surface area contributed by atoms with Crippen molar-refractivity contribution in [1.29, 1.82) is 0 Å². The highest BCUT2D eigenvalue weighted by Gasteiger charge is 2.31. The topological polar surface area (TPSA) is 93.5 Å². The molecular formula is C22H19F4N3O4. The Kier molecular flexibility index (Phi) is 6.82. The van der Waals surface area contributed by atoms with Gasteiger partial charge in [-0.2, -0.15) is 9.78 Å². The van der Waals surface area contributed by atoms with E-state index < -0.39 is 41.5 Å². The molecule has 0 aliphatic rings. The van der Waals surface area contributed by atoms with Gasteiger partial charge >= 0.3 is 6.36 Å². The number of aliphatic hydroxyl groups is 1. The fourth-order valence-electron chi connectivity index (χ4n) is 2.81. The van der Waals surface area contributed by atoms with Gasteiger partial charge in [0.15, 0.2) is 0 Å². The van der Waals surface area contributed by atoms with E-state index in [-0.39, 0.29) is 22.5 Å². The number of aliphatic hydroxyl groups excluding tert-OH is 1. The van der Waals surface area contributed by atoms with Crippen LogP contribution in [0.3, 0.4) is 0 Å². The molecule has 174 valence electrons. The van der Waals surface area contributed by atoms with Crippen molar-refractivity contribution in [2.24, 2.45) is 0 Å². The number of nitrogens with one attached hydrogen (secondary N) is 1. The lowest BCUT2D eigenvalue weighted by Crippen LogP contribution is -2.42. The smallest absolute Gasteiger partial charge is 0.406 e. The minimum absolute atomic E-state index is 0.0384. The lowest BCUT2D eigenvalue weighted by molar-refractivity contribution is -0.274. The summed E-state index contributed by atoms with van der Waals surface area (Å²) in [6.45, 7) is 2.99. The molecule has 3 aromatic rings. The fraction of sp³-hybridized carbons (Fsp3) is 0.227. The summed E-state index contributed by atoms with van der Waals surface area (Å²) in [7, 11) is 0. The molecule has 0 fully saturated rings. The van der Waals surface area contributed by atoms with Gasteiger partial charge in [-0.1, -0.05) is 6.07 Å². The molecule has 2 aromatic carbocycles. The van der Waals surface area contributed by atoms with Crippen LogP contribution in [-0.4, -0.2) is 39.3 Å². The second-order valence-corrected chi connectivity index (χ2v) is 7.22. The quantitative estimate of drug-likeness (QED) is 0.544. The van der Waals surface area contributed by atoms with E-state index in [1.165, 1.54) is 44.2 Å². The van der Waals surface area contributed by atoms with Crippen LogP contribution in [0.25, 0.3) is 16.9 Å². The maximum Gasteiger partial charge on any atom is 0.573 e. The molecule has 1 amide bonds. The largest absolute Gasteiger partial charge is 0.573 e. The second kappa shape index (κ2) is 9.41. The summed E-state index contributed by atoms with van der Waals surface area (Å²) in [4.78, 5) is 25.7. The number of alkyl halides is 3. The molecule has 1 heterocycles. The van der Waals surface area contributed by atoms with Gasteiger partial charge in [-0.25, -0.2) is 4.39 Å². The first kappa shape index (κ1) is 23.9. The van der Waals surface area contributed by atoms with Crippen LogP contribution >= 0.6 is 0 Å². The average molecular weight is 465 g/mol. The van der Waals surface area contributed by atoms with Crippen LogP contribution < -0.4 is 15.6 Å². The molecule has 1 aromatic heterocycles. The monoisotopic (exact) mass is 465 g/mol. The molecule has 2 N–H and O–H groups in total. The summed E-state index contributed by atoms with van der Waals surface area (Å²) in [5.41, 5.74) is -0.833. The molecule has 7 nitrogen and oxygen atoms in total. The number of carbonyl (C=O) groups is 1. The number of ether oxygens (including phenoxy) is 1. The number of amides is 1. The van der Waals surface area contributed by atoms with Crippen molar-refractivity contribution in [3.05, 3.63) is 76.3 Å². The van der Waals surface area contributed by atoms with Gasteiger partial charge in [0.05, 0.1) is 23.5 Å².